The number of hydrogen-bond donors (Lipinski definition) is 0. The number of alkyl halides is 6. The Labute approximate surface area is 105 Å². The molecule has 0 amide bonds. The van der Waals surface area contributed by atoms with Crippen LogP contribution in [0.4, 0.5) is 26.3 Å². The highest BCUT2D eigenvalue weighted by molar-refractivity contribution is 14.1. The average molecular weight is 365 g/mol. The van der Waals surface area contributed by atoms with Crippen molar-refractivity contribution in [3.05, 3.63) is 32.4 Å². The van der Waals surface area contributed by atoms with Gasteiger partial charge >= 0.3 is 12.4 Å². The highest BCUT2D eigenvalue weighted by Crippen LogP contribution is 2.42. The first-order valence-corrected chi connectivity index (χ1v) is 5.03. The van der Waals surface area contributed by atoms with Crippen molar-refractivity contribution in [3.63, 3.8) is 0 Å². The number of halogens is 7. The predicted molar refractivity (Wildman–Crippen MR) is 53.9 cm³/mol. The Bertz CT molecular complexity index is 482. The van der Waals surface area contributed by atoms with Gasteiger partial charge in [-0.05, 0) is 34.7 Å². The zero-order valence-corrected chi connectivity index (χ0v) is 9.91. The number of nitriles is 1. The fourth-order valence-electron chi connectivity index (χ4n) is 1.22. The minimum absolute atomic E-state index is 0.0838. The molecule has 0 aromatic heterocycles. The third kappa shape index (κ3) is 3.02. The summed E-state index contributed by atoms with van der Waals surface area (Å²) in [4.78, 5) is 0. The smallest absolute Gasteiger partial charge is 0.192 e. The summed E-state index contributed by atoms with van der Waals surface area (Å²) in [7, 11) is 0. The van der Waals surface area contributed by atoms with E-state index < -0.39 is 29.0 Å². The quantitative estimate of drug-likeness (QED) is 0.500. The Kier molecular flexibility index (Phi) is 3.61. The molecule has 0 radical (unpaired) electrons. The topological polar surface area (TPSA) is 23.8 Å². The van der Waals surface area contributed by atoms with Crippen molar-refractivity contribution in [1.29, 1.82) is 5.26 Å². The van der Waals surface area contributed by atoms with E-state index in [9.17, 15) is 26.3 Å². The molecule has 0 aliphatic rings. The lowest BCUT2D eigenvalue weighted by molar-refractivity contribution is -0.162. The Morgan fingerprint density at radius 2 is 1.53 bits per heavy atom. The molecule has 0 unspecified atom stereocenters. The molecule has 0 spiro atoms. The van der Waals surface area contributed by atoms with Crippen LogP contribution in [0.5, 0.6) is 0 Å². The van der Waals surface area contributed by atoms with Gasteiger partial charge in [-0.1, -0.05) is 0 Å². The van der Waals surface area contributed by atoms with Gasteiger partial charge in [-0.3, -0.25) is 0 Å². The van der Waals surface area contributed by atoms with Gasteiger partial charge in [0, 0.05) is 3.57 Å². The van der Waals surface area contributed by atoms with Gasteiger partial charge in [-0.15, -0.1) is 0 Å². The molecule has 0 N–H and O–H groups in total. The summed E-state index contributed by atoms with van der Waals surface area (Å²) in [6, 6.07) is 2.26. The number of hydrogen-bond acceptors (Lipinski definition) is 1. The summed E-state index contributed by atoms with van der Waals surface area (Å²) < 4.78 is 74.8. The van der Waals surface area contributed by atoms with Crippen LogP contribution in [0.3, 0.4) is 0 Å². The van der Waals surface area contributed by atoms with E-state index in [1.807, 2.05) is 0 Å². The molecule has 0 aliphatic carbocycles. The van der Waals surface area contributed by atoms with E-state index in [1.165, 1.54) is 22.6 Å². The Hall–Kier alpha value is -0.980. The van der Waals surface area contributed by atoms with Gasteiger partial charge in [0.25, 0.3) is 0 Å². The molecule has 92 valence electrons. The van der Waals surface area contributed by atoms with Crippen molar-refractivity contribution in [2.45, 2.75) is 12.4 Å². The van der Waals surface area contributed by atoms with E-state index in [0.29, 0.717) is 6.07 Å². The molecular formula is C9H2F6IN. The van der Waals surface area contributed by atoms with E-state index in [2.05, 4.69) is 0 Å². The van der Waals surface area contributed by atoms with Gasteiger partial charge < -0.3 is 0 Å². The molecule has 8 heteroatoms. The summed E-state index contributed by atoms with van der Waals surface area (Å²) in [6.07, 6.45) is -10.4. The van der Waals surface area contributed by atoms with Crippen LogP contribution in [0.25, 0.3) is 0 Å². The monoisotopic (exact) mass is 365 g/mol. The zero-order chi connectivity index (χ0) is 13.4. The van der Waals surface area contributed by atoms with E-state index in [1.54, 1.807) is 0 Å². The minimum atomic E-state index is -5.22. The van der Waals surface area contributed by atoms with E-state index in [4.69, 9.17) is 5.26 Å². The van der Waals surface area contributed by atoms with Gasteiger partial charge in [0.2, 0.25) is 0 Å². The van der Waals surface area contributed by atoms with E-state index in [0.717, 1.165) is 12.1 Å². The Morgan fingerprint density at radius 3 is 1.88 bits per heavy atom. The molecule has 0 atom stereocenters. The maximum absolute atomic E-state index is 12.5. The van der Waals surface area contributed by atoms with Gasteiger partial charge in [-0.25, -0.2) is 0 Å². The van der Waals surface area contributed by atoms with Crippen LogP contribution < -0.4 is 0 Å². The summed E-state index contributed by atoms with van der Waals surface area (Å²) in [5, 5.41) is 8.48. The maximum Gasteiger partial charge on any atom is 0.418 e. The lowest BCUT2D eigenvalue weighted by atomic mass is 10.0. The predicted octanol–water partition coefficient (Wildman–Crippen LogP) is 4.20. The maximum atomic E-state index is 12.5. The van der Waals surface area contributed by atoms with Crippen molar-refractivity contribution >= 4 is 22.6 Å². The second kappa shape index (κ2) is 4.36. The molecule has 0 bridgehead atoms. The van der Waals surface area contributed by atoms with Gasteiger partial charge in [0.15, 0.2) is 0 Å². The summed E-state index contributed by atoms with van der Waals surface area (Å²) in [5.41, 5.74) is -4.81. The van der Waals surface area contributed by atoms with Crippen LogP contribution in [0, 0.1) is 14.9 Å². The van der Waals surface area contributed by atoms with Crippen LogP contribution in [-0.4, -0.2) is 0 Å². The van der Waals surface area contributed by atoms with Gasteiger partial charge in [0.1, 0.15) is 0 Å². The highest BCUT2D eigenvalue weighted by Gasteiger charge is 2.45. The number of benzene rings is 1. The van der Waals surface area contributed by atoms with Crippen molar-refractivity contribution in [2.75, 3.05) is 0 Å². The number of nitrogens with zero attached hydrogens (tertiary/aromatic N) is 1. The molecule has 17 heavy (non-hydrogen) atoms. The van der Waals surface area contributed by atoms with Crippen molar-refractivity contribution in [2.24, 2.45) is 0 Å². The Balaban J connectivity index is 3.71. The van der Waals surface area contributed by atoms with Gasteiger partial charge in [-0.2, -0.15) is 31.6 Å². The van der Waals surface area contributed by atoms with Crippen LogP contribution in [-0.2, 0) is 12.4 Å². The molecular weight excluding hydrogens is 363 g/mol. The summed E-state index contributed by atoms with van der Waals surface area (Å²) in [5.74, 6) is 0. The third-order valence-corrected chi connectivity index (χ3v) is 2.44. The molecule has 0 fully saturated rings. The summed E-state index contributed by atoms with van der Waals surface area (Å²) >= 11 is 1.42. The second-order valence-electron chi connectivity index (χ2n) is 2.98. The first-order chi connectivity index (χ1) is 7.57. The zero-order valence-electron chi connectivity index (χ0n) is 7.75. The first kappa shape index (κ1) is 14.1. The fraction of sp³-hybridized carbons (Fsp3) is 0.222. The molecule has 0 heterocycles. The normalized spacial score (nSPS) is 12.4. The van der Waals surface area contributed by atoms with Crippen molar-refractivity contribution in [3.8, 4) is 6.07 Å². The van der Waals surface area contributed by atoms with Crippen LogP contribution >= 0.6 is 22.6 Å². The second-order valence-corrected chi connectivity index (χ2v) is 4.23. The first-order valence-electron chi connectivity index (χ1n) is 3.95. The van der Waals surface area contributed by atoms with E-state index in [-0.39, 0.29) is 3.57 Å². The largest absolute Gasteiger partial charge is 0.418 e. The molecule has 1 aromatic carbocycles. The molecule has 0 aliphatic heterocycles. The molecule has 0 saturated carbocycles. The lowest BCUT2D eigenvalue weighted by Gasteiger charge is -2.17. The fourth-order valence-corrected chi connectivity index (χ4v) is 1.85. The van der Waals surface area contributed by atoms with Crippen LogP contribution in [0.15, 0.2) is 12.1 Å². The minimum Gasteiger partial charge on any atom is -0.192 e. The Morgan fingerprint density at radius 1 is 1.00 bits per heavy atom. The standard InChI is InChI=1S/C9H2F6IN/c10-8(11,12)6-2-5(16)1-4(3-17)7(6)9(13,14)15/h1-2H. The van der Waals surface area contributed by atoms with Crippen LogP contribution in [0.1, 0.15) is 16.7 Å². The van der Waals surface area contributed by atoms with Gasteiger partial charge in [0.05, 0.1) is 22.8 Å². The molecule has 1 rings (SSSR count). The van der Waals surface area contributed by atoms with Crippen LogP contribution in [0.2, 0.25) is 0 Å². The SMILES string of the molecule is N#Cc1cc(I)cc(C(F)(F)F)c1C(F)(F)F. The molecule has 1 nitrogen and oxygen atoms in total. The van der Waals surface area contributed by atoms with Crippen molar-refractivity contribution in [1.82, 2.24) is 0 Å². The molecule has 0 saturated heterocycles. The summed E-state index contributed by atoms with van der Waals surface area (Å²) in [6.45, 7) is 0. The molecule has 1 aromatic rings. The van der Waals surface area contributed by atoms with Crippen molar-refractivity contribution < 1.29 is 26.3 Å². The lowest BCUT2D eigenvalue weighted by Crippen LogP contribution is -2.18. The van der Waals surface area contributed by atoms with E-state index >= 15 is 0 Å². The highest BCUT2D eigenvalue weighted by atomic mass is 127. The third-order valence-electron chi connectivity index (χ3n) is 1.81. The average Bonchev–Trinajstić information content (AvgIpc) is 2.12. The number of rotatable bonds is 0.